The van der Waals surface area contributed by atoms with Gasteiger partial charge in [-0.05, 0) is 19.3 Å². The van der Waals surface area contributed by atoms with Gasteiger partial charge in [-0.2, -0.15) is 9.97 Å². The molecule has 3 aromatic rings. The van der Waals surface area contributed by atoms with Crippen LogP contribution in [0.2, 0.25) is 0 Å². The van der Waals surface area contributed by atoms with E-state index in [1.165, 1.54) is 6.26 Å². The number of rotatable bonds is 5. The van der Waals surface area contributed by atoms with Crippen molar-refractivity contribution < 1.29 is 18.4 Å². The van der Waals surface area contributed by atoms with Crippen LogP contribution in [-0.2, 0) is 4.74 Å². The van der Waals surface area contributed by atoms with Crippen LogP contribution in [0.5, 0.6) is 0 Å². The van der Waals surface area contributed by atoms with E-state index < -0.39 is 0 Å². The van der Waals surface area contributed by atoms with E-state index in [1.807, 2.05) is 4.90 Å². The quantitative estimate of drug-likeness (QED) is 0.535. The summed E-state index contributed by atoms with van der Waals surface area (Å²) in [7, 11) is 0. The first-order valence-electron chi connectivity index (χ1n) is 11.0. The highest BCUT2D eigenvalue weighted by molar-refractivity contribution is 6.03. The highest BCUT2D eigenvalue weighted by Gasteiger charge is 2.31. The monoisotopic (exact) mass is 439 g/mol. The third kappa shape index (κ3) is 3.72. The van der Waals surface area contributed by atoms with Gasteiger partial charge in [0.05, 0.1) is 18.0 Å². The van der Waals surface area contributed by atoms with Gasteiger partial charge in [0, 0.05) is 44.2 Å². The van der Waals surface area contributed by atoms with Gasteiger partial charge in [-0.1, -0.05) is 0 Å². The second-order valence-electron chi connectivity index (χ2n) is 8.60. The van der Waals surface area contributed by atoms with Gasteiger partial charge in [-0.15, -0.1) is 0 Å². The molecule has 6 rings (SSSR count). The van der Waals surface area contributed by atoms with Crippen LogP contribution in [0.3, 0.4) is 0 Å². The maximum atomic E-state index is 12.9. The highest BCUT2D eigenvalue weighted by atomic mass is 16.5. The number of carbonyl (C=O) groups excluding carboxylic acids is 1. The molecule has 5 heterocycles. The number of carbonyl (C=O) groups is 1. The number of nitrogens with two attached hydrogens (primary N) is 1. The van der Waals surface area contributed by atoms with Crippen LogP contribution in [0, 0.1) is 0 Å². The van der Waals surface area contributed by atoms with Crippen molar-refractivity contribution in [3.63, 3.8) is 0 Å². The lowest BCUT2D eigenvalue weighted by Crippen LogP contribution is -2.33. The first-order valence-corrected chi connectivity index (χ1v) is 11.0. The molecular formula is C21H25N7O4. The van der Waals surface area contributed by atoms with Gasteiger partial charge in [0.25, 0.3) is 11.9 Å². The first kappa shape index (κ1) is 19.6. The van der Waals surface area contributed by atoms with Crippen LogP contribution in [0.25, 0.3) is 11.2 Å². The van der Waals surface area contributed by atoms with Crippen LogP contribution in [-0.4, -0.2) is 59.7 Å². The van der Waals surface area contributed by atoms with Gasteiger partial charge < -0.3 is 34.8 Å². The highest BCUT2D eigenvalue weighted by Crippen LogP contribution is 2.43. The Morgan fingerprint density at radius 1 is 1.25 bits per heavy atom. The number of oxazole rings is 2. The Labute approximate surface area is 183 Å². The first-order chi connectivity index (χ1) is 15.6. The summed E-state index contributed by atoms with van der Waals surface area (Å²) >= 11 is 0. The topological polar surface area (TPSA) is 145 Å². The number of anilines is 2. The van der Waals surface area contributed by atoms with Crippen molar-refractivity contribution in [3.8, 4) is 0 Å². The SMILES string of the molecule is NC1CCN(c2nc(C(=O)Nc3cc4oc(C5CNCCO5)nc4nc3C3CC3)co2)C1. The number of nitrogens with one attached hydrogen (secondary N) is 2. The third-order valence-corrected chi connectivity index (χ3v) is 6.06. The second-order valence-corrected chi connectivity index (χ2v) is 8.60. The van der Waals surface area contributed by atoms with Gasteiger partial charge in [0.15, 0.2) is 16.9 Å². The predicted octanol–water partition coefficient (Wildman–Crippen LogP) is 1.54. The number of ether oxygens (including phenoxy) is 1. The maximum absolute atomic E-state index is 12.9. The van der Waals surface area contributed by atoms with Gasteiger partial charge in [0.2, 0.25) is 5.89 Å². The zero-order chi connectivity index (χ0) is 21.7. The third-order valence-electron chi connectivity index (χ3n) is 6.06. The lowest BCUT2D eigenvalue weighted by atomic mass is 10.2. The standard InChI is InChI=1S/C21H25N7O4/c22-12-3-5-28(9-12)21-25-14(10-31-21)19(29)24-13-7-15-18(26-17(13)11-1-2-11)27-20(32-15)16-8-23-4-6-30-16/h7,10-12,16,23H,1-6,8-9,22H2,(H,24,29). The largest absolute Gasteiger partial charge is 0.436 e. The van der Waals surface area contributed by atoms with Crippen molar-refractivity contribution in [1.29, 1.82) is 0 Å². The van der Waals surface area contributed by atoms with E-state index in [2.05, 4.69) is 20.6 Å². The zero-order valence-electron chi connectivity index (χ0n) is 17.5. The molecule has 2 atom stereocenters. The number of pyridine rings is 1. The van der Waals surface area contributed by atoms with E-state index in [0.717, 1.165) is 38.0 Å². The van der Waals surface area contributed by atoms with E-state index in [4.69, 9.17) is 24.3 Å². The second kappa shape index (κ2) is 7.84. The van der Waals surface area contributed by atoms with Gasteiger partial charge in [0.1, 0.15) is 12.4 Å². The molecule has 3 fully saturated rings. The Morgan fingerprint density at radius 2 is 2.16 bits per heavy atom. The number of morpholine rings is 1. The van der Waals surface area contributed by atoms with E-state index in [9.17, 15) is 4.79 Å². The Balaban J connectivity index is 1.25. The number of hydrogen-bond donors (Lipinski definition) is 3. The normalized spacial score (nSPS) is 23.7. The Kier molecular flexibility index (Phi) is 4.81. The number of aromatic nitrogens is 3. The molecule has 1 aliphatic carbocycles. The molecular weight excluding hydrogens is 414 g/mol. The Morgan fingerprint density at radius 3 is 2.91 bits per heavy atom. The predicted molar refractivity (Wildman–Crippen MR) is 115 cm³/mol. The number of amides is 1. The van der Waals surface area contributed by atoms with Crippen molar-refractivity contribution in [2.75, 3.05) is 43.0 Å². The fourth-order valence-electron chi connectivity index (χ4n) is 4.19. The van der Waals surface area contributed by atoms with Gasteiger partial charge >= 0.3 is 0 Å². The summed E-state index contributed by atoms with van der Waals surface area (Å²) in [4.78, 5) is 28.5. The van der Waals surface area contributed by atoms with E-state index in [0.29, 0.717) is 54.4 Å². The lowest BCUT2D eigenvalue weighted by Gasteiger charge is -2.20. The van der Waals surface area contributed by atoms with Gasteiger partial charge in [-0.25, -0.2) is 4.98 Å². The van der Waals surface area contributed by atoms with Crippen LogP contribution in [0.4, 0.5) is 11.7 Å². The summed E-state index contributed by atoms with van der Waals surface area (Å²) in [5, 5.41) is 6.21. The minimum atomic E-state index is -0.355. The molecule has 4 N–H and O–H groups in total. The van der Waals surface area contributed by atoms with Crippen LogP contribution >= 0.6 is 0 Å². The molecule has 3 aromatic heterocycles. The van der Waals surface area contributed by atoms with Crippen molar-refractivity contribution in [2.45, 2.75) is 37.3 Å². The molecule has 32 heavy (non-hydrogen) atoms. The van der Waals surface area contributed by atoms with E-state index in [-0.39, 0.29) is 23.7 Å². The summed E-state index contributed by atoms with van der Waals surface area (Å²) in [5.74, 6) is 0.447. The summed E-state index contributed by atoms with van der Waals surface area (Å²) in [6.45, 7) is 3.49. The minimum absolute atomic E-state index is 0.0969. The number of hydrogen-bond acceptors (Lipinski definition) is 10. The molecule has 2 aliphatic heterocycles. The Bertz CT molecular complexity index is 1150. The zero-order valence-corrected chi connectivity index (χ0v) is 17.5. The summed E-state index contributed by atoms with van der Waals surface area (Å²) in [6.07, 6.45) is 4.07. The molecule has 0 bridgehead atoms. The minimum Gasteiger partial charge on any atom is -0.436 e. The van der Waals surface area contributed by atoms with Crippen LogP contribution in [0.1, 0.15) is 53.4 Å². The summed E-state index contributed by atoms with van der Waals surface area (Å²) in [5.41, 5.74) is 8.65. The molecule has 1 saturated carbocycles. The van der Waals surface area contributed by atoms with E-state index >= 15 is 0 Å². The number of nitrogens with zero attached hydrogens (tertiary/aromatic N) is 4. The van der Waals surface area contributed by atoms with Gasteiger partial charge in [-0.3, -0.25) is 4.79 Å². The fraction of sp³-hybridized carbons (Fsp3) is 0.524. The fourth-order valence-corrected chi connectivity index (χ4v) is 4.19. The molecule has 11 heteroatoms. The summed E-state index contributed by atoms with van der Waals surface area (Å²) < 4.78 is 17.2. The Hall–Kier alpha value is -3.02. The molecule has 1 amide bonds. The molecule has 11 nitrogen and oxygen atoms in total. The molecule has 2 saturated heterocycles. The molecule has 2 unspecified atom stereocenters. The average molecular weight is 439 g/mol. The van der Waals surface area contributed by atoms with Crippen LogP contribution < -0.4 is 21.3 Å². The van der Waals surface area contributed by atoms with Crippen molar-refractivity contribution in [2.24, 2.45) is 5.73 Å². The molecule has 3 aliphatic rings. The number of fused-ring (bicyclic) bond motifs is 1. The maximum Gasteiger partial charge on any atom is 0.298 e. The smallest absolute Gasteiger partial charge is 0.298 e. The molecule has 0 spiro atoms. The van der Waals surface area contributed by atoms with Crippen molar-refractivity contribution in [1.82, 2.24) is 20.3 Å². The molecule has 0 aromatic carbocycles. The van der Waals surface area contributed by atoms with E-state index in [1.54, 1.807) is 6.07 Å². The van der Waals surface area contributed by atoms with Crippen molar-refractivity contribution >= 4 is 28.8 Å². The molecule has 0 radical (unpaired) electrons. The van der Waals surface area contributed by atoms with Crippen molar-refractivity contribution in [3.05, 3.63) is 29.6 Å². The average Bonchev–Trinajstić information content (AvgIpc) is 3.19. The molecule has 168 valence electrons. The lowest BCUT2D eigenvalue weighted by molar-refractivity contribution is 0.0118. The summed E-state index contributed by atoms with van der Waals surface area (Å²) in [6, 6.07) is 2.31. The van der Waals surface area contributed by atoms with Crippen LogP contribution in [0.15, 0.2) is 21.2 Å².